The zero-order valence-electron chi connectivity index (χ0n) is 20.3. The van der Waals surface area contributed by atoms with Crippen molar-refractivity contribution in [1.82, 2.24) is 4.98 Å². The number of anilines is 1. The number of allylic oxidation sites excluding steroid dienone is 5. The van der Waals surface area contributed by atoms with Crippen LogP contribution in [-0.2, 0) is 9.63 Å². The third-order valence-corrected chi connectivity index (χ3v) is 10.0. The Morgan fingerprint density at radius 2 is 2.17 bits per heavy atom. The van der Waals surface area contributed by atoms with Gasteiger partial charge < -0.3 is 15.3 Å². The molecule has 0 saturated heterocycles. The molecule has 4 aliphatic rings. The largest absolute Gasteiger partial charge is 0.505 e. The molecular formula is C26H31Cl2N3O3S. The lowest BCUT2D eigenvalue weighted by molar-refractivity contribution is -0.116. The van der Waals surface area contributed by atoms with E-state index in [1.54, 1.807) is 13.3 Å². The highest BCUT2D eigenvalue weighted by Gasteiger charge is 2.56. The molecule has 188 valence electrons. The van der Waals surface area contributed by atoms with E-state index in [4.69, 9.17) is 28.0 Å². The number of hydrogen-bond donors (Lipinski definition) is 2. The number of amides is 1. The van der Waals surface area contributed by atoms with Gasteiger partial charge in [0, 0.05) is 29.3 Å². The topological polar surface area (TPSA) is 83.8 Å². The smallest absolute Gasteiger partial charge is 0.226 e. The molecule has 4 aliphatic carbocycles. The van der Waals surface area contributed by atoms with Crippen LogP contribution in [0.2, 0.25) is 0 Å². The predicted octanol–water partition coefficient (Wildman–Crippen LogP) is 7.22. The minimum absolute atomic E-state index is 0.00731. The van der Waals surface area contributed by atoms with E-state index in [0.717, 1.165) is 54.7 Å². The van der Waals surface area contributed by atoms with Crippen molar-refractivity contribution in [3.63, 3.8) is 0 Å². The van der Waals surface area contributed by atoms with Crippen LogP contribution in [0.1, 0.15) is 63.2 Å². The van der Waals surface area contributed by atoms with Gasteiger partial charge in [0.1, 0.15) is 12.9 Å². The minimum atomic E-state index is -0.0558. The monoisotopic (exact) mass is 535 g/mol. The second-order valence-corrected chi connectivity index (χ2v) is 12.4. The summed E-state index contributed by atoms with van der Waals surface area (Å²) in [6, 6.07) is 0. The van der Waals surface area contributed by atoms with E-state index >= 15 is 0 Å². The van der Waals surface area contributed by atoms with E-state index in [1.165, 1.54) is 22.5 Å². The lowest BCUT2D eigenvalue weighted by atomic mass is 9.56. The van der Waals surface area contributed by atoms with Gasteiger partial charge in [-0.25, -0.2) is 4.98 Å². The average molecular weight is 537 g/mol. The number of oxime groups is 1. The standard InChI is InChI=1S/C26H31Cl2N3O3S/c1-13-12-29-25(35-13)30-21(32)7-4-14-10-20(31-34-3)26(2)9-8-15-16(22(14)26)5-6-17-18(15)11-19(27)24(33)23(17)28/h12,14,16,22,33H,4-11H2,1-3H3,(H,29,30,32)/b31-20+/t14-,16?,22?,26?/m1/s1. The Labute approximate surface area is 220 Å². The molecule has 35 heavy (non-hydrogen) atoms. The fourth-order valence-corrected chi connectivity index (χ4v) is 8.26. The van der Waals surface area contributed by atoms with Gasteiger partial charge in [-0.1, -0.05) is 40.9 Å². The van der Waals surface area contributed by atoms with Crippen LogP contribution in [0.15, 0.2) is 43.9 Å². The molecule has 3 unspecified atom stereocenters. The minimum Gasteiger partial charge on any atom is -0.505 e. The number of halogens is 2. The van der Waals surface area contributed by atoms with Crippen LogP contribution in [0.4, 0.5) is 5.13 Å². The van der Waals surface area contributed by atoms with Crippen molar-refractivity contribution in [1.29, 1.82) is 0 Å². The molecule has 1 aromatic rings. The maximum atomic E-state index is 12.7. The molecule has 1 amide bonds. The van der Waals surface area contributed by atoms with E-state index in [9.17, 15) is 9.90 Å². The summed E-state index contributed by atoms with van der Waals surface area (Å²) in [4.78, 5) is 23.3. The first kappa shape index (κ1) is 24.8. The summed E-state index contributed by atoms with van der Waals surface area (Å²) in [7, 11) is 1.61. The van der Waals surface area contributed by atoms with Gasteiger partial charge in [-0.2, -0.15) is 0 Å². The van der Waals surface area contributed by atoms with Crippen LogP contribution in [0.3, 0.4) is 0 Å². The molecule has 1 aromatic heterocycles. The van der Waals surface area contributed by atoms with Gasteiger partial charge in [0.05, 0.1) is 15.8 Å². The van der Waals surface area contributed by atoms with Crippen LogP contribution in [0.25, 0.3) is 0 Å². The lowest BCUT2D eigenvalue weighted by Crippen LogP contribution is -2.42. The molecule has 1 heterocycles. The van der Waals surface area contributed by atoms with Crippen LogP contribution in [0, 0.1) is 30.1 Å². The third-order valence-electron chi connectivity index (χ3n) is 8.48. The number of carbonyl (C=O) groups is 1. The molecule has 0 aromatic carbocycles. The second-order valence-electron chi connectivity index (χ2n) is 10.4. The highest BCUT2D eigenvalue weighted by atomic mass is 35.5. The summed E-state index contributed by atoms with van der Waals surface area (Å²) >= 11 is 14.4. The molecule has 5 rings (SSSR count). The Morgan fingerprint density at radius 1 is 1.37 bits per heavy atom. The molecule has 2 saturated carbocycles. The van der Waals surface area contributed by atoms with Crippen LogP contribution in [-0.4, -0.2) is 28.8 Å². The quantitative estimate of drug-likeness (QED) is 0.389. The Bertz CT molecular complexity index is 1180. The summed E-state index contributed by atoms with van der Waals surface area (Å²) in [6.07, 6.45) is 8.18. The second kappa shape index (κ2) is 9.56. The Morgan fingerprint density at radius 3 is 2.89 bits per heavy atom. The number of thiazole rings is 1. The van der Waals surface area contributed by atoms with E-state index in [0.29, 0.717) is 45.8 Å². The van der Waals surface area contributed by atoms with Gasteiger partial charge in [-0.15, -0.1) is 11.3 Å². The summed E-state index contributed by atoms with van der Waals surface area (Å²) < 4.78 is 0. The van der Waals surface area contributed by atoms with E-state index in [1.807, 2.05) is 6.92 Å². The lowest BCUT2D eigenvalue weighted by Gasteiger charge is -2.48. The number of rotatable bonds is 5. The molecule has 2 N–H and O–H groups in total. The first-order valence-electron chi connectivity index (χ1n) is 12.2. The molecule has 9 heteroatoms. The Balaban J connectivity index is 1.42. The normalized spacial score (nSPS) is 31.5. The summed E-state index contributed by atoms with van der Waals surface area (Å²) in [5.41, 5.74) is 4.78. The van der Waals surface area contributed by atoms with E-state index < -0.39 is 0 Å². The maximum Gasteiger partial charge on any atom is 0.226 e. The summed E-state index contributed by atoms with van der Waals surface area (Å²) in [5.74, 6) is 1.14. The predicted molar refractivity (Wildman–Crippen MR) is 141 cm³/mol. The first-order chi connectivity index (χ1) is 16.7. The number of hydrogen-bond acceptors (Lipinski definition) is 6. The van der Waals surface area contributed by atoms with Crippen LogP contribution < -0.4 is 5.32 Å². The first-order valence-corrected chi connectivity index (χ1v) is 13.8. The summed E-state index contributed by atoms with van der Waals surface area (Å²) in [6.45, 7) is 4.31. The van der Waals surface area contributed by atoms with Crippen molar-refractivity contribution < 1.29 is 14.7 Å². The molecule has 0 bridgehead atoms. The number of carbonyl (C=O) groups excluding carboxylic acids is 1. The third kappa shape index (κ3) is 4.34. The van der Waals surface area contributed by atoms with Crippen molar-refractivity contribution in [2.24, 2.45) is 28.3 Å². The van der Waals surface area contributed by atoms with Crippen molar-refractivity contribution in [3.8, 4) is 0 Å². The fourth-order valence-electron chi connectivity index (χ4n) is 6.98. The zero-order chi connectivity index (χ0) is 24.9. The van der Waals surface area contributed by atoms with Crippen molar-refractivity contribution in [2.75, 3.05) is 12.4 Å². The van der Waals surface area contributed by atoms with Gasteiger partial charge >= 0.3 is 0 Å². The number of nitrogens with zero attached hydrogens (tertiary/aromatic N) is 2. The highest BCUT2D eigenvalue weighted by molar-refractivity contribution is 7.15. The molecule has 2 fully saturated rings. The Kier molecular flexibility index (Phi) is 6.79. The van der Waals surface area contributed by atoms with Crippen molar-refractivity contribution in [2.45, 2.75) is 65.2 Å². The SMILES string of the molecule is CO/N=C1\C[C@@H](CCC(=O)Nc2ncc(C)s2)C2C3CCC4=C(Cl)C(O)=C(Cl)CC4=C3CCC12C. The zero-order valence-corrected chi connectivity index (χ0v) is 22.6. The molecule has 0 aliphatic heterocycles. The highest BCUT2D eigenvalue weighted by Crippen LogP contribution is 2.62. The van der Waals surface area contributed by atoms with Crippen molar-refractivity contribution >= 4 is 51.3 Å². The van der Waals surface area contributed by atoms with Crippen molar-refractivity contribution in [3.05, 3.63) is 43.6 Å². The number of nitrogens with one attached hydrogen (secondary N) is 1. The fraction of sp³-hybridized carbons (Fsp3) is 0.577. The van der Waals surface area contributed by atoms with Gasteiger partial charge in [0.15, 0.2) is 5.13 Å². The van der Waals surface area contributed by atoms with Crippen LogP contribution in [0.5, 0.6) is 0 Å². The molecule has 4 atom stereocenters. The van der Waals surface area contributed by atoms with Gasteiger partial charge in [-0.05, 0) is 74.3 Å². The Hall–Kier alpha value is -1.83. The molecular weight excluding hydrogens is 505 g/mol. The maximum absolute atomic E-state index is 12.7. The number of aryl methyl sites for hydroxylation is 1. The van der Waals surface area contributed by atoms with E-state index in [-0.39, 0.29) is 17.1 Å². The summed E-state index contributed by atoms with van der Waals surface area (Å²) in [5, 5.41) is 19.2. The number of fused-ring (bicyclic) bond motifs is 4. The van der Waals surface area contributed by atoms with Gasteiger partial charge in [0.2, 0.25) is 5.91 Å². The number of aliphatic hydroxyl groups is 1. The molecule has 0 spiro atoms. The molecule has 6 nitrogen and oxygen atoms in total. The number of aromatic nitrogens is 1. The van der Waals surface area contributed by atoms with Gasteiger partial charge in [0.25, 0.3) is 0 Å². The average Bonchev–Trinajstić information content (AvgIpc) is 3.36. The van der Waals surface area contributed by atoms with Crippen LogP contribution >= 0.6 is 34.5 Å². The number of aliphatic hydroxyl groups excluding tert-OH is 1. The van der Waals surface area contributed by atoms with Gasteiger partial charge in [-0.3, -0.25) is 4.79 Å². The molecule has 0 radical (unpaired) electrons. The van der Waals surface area contributed by atoms with E-state index in [2.05, 4.69) is 22.4 Å².